The quantitative estimate of drug-likeness (QED) is 0.843. The van der Waals surface area contributed by atoms with E-state index >= 15 is 0 Å². The number of ether oxygens (including phenoxy) is 1. The second kappa shape index (κ2) is 6.68. The van der Waals surface area contributed by atoms with Crippen molar-refractivity contribution in [1.29, 1.82) is 0 Å². The average molecular weight is 308 g/mol. The Balaban J connectivity index is 2.01. The number of rotatable bonds is 4. The zero-order valence-electron chi connectivity index (χ0n) is 10.9. The average Bonchev–Trinajstić information content (AvgIpc) is 2.41. The summed E-state index contributed by atoms with van der Waals surface area (Å²) in [4.78, 5) is 12.8. The van der Waals surface area contributed by atoms with Gasteiger partial charge in [0.25, 0.3) is 0 Å². The van der Waals surface area contributed by atoms with Crippen LogP contribution in [0.15, 0.2) is 47.4 Å². The molecule has 5 heteroatoms. The third-order valence-corrected chi connectivity index (χ3v) is 3.33. The zero-order chi connectivity index (χ0) is 14.5. The SMILES string of the molecule is COc1ccc(NC(=O)Cc2ccc(S)cc2)cc1Cl. The van der Waals surface area contributed by atoms with Crippen molar-refractivity contribution in [2.24, 2.45) is 0 Å². The third kappa shape index (κ3) is 3.92. The number of carbonyl (C=O) groups excluding carboxylic acids is 1. The highest BCUT2D eigenvalue weighted by atomic mass is 35.5. The monoisotopic (exact) mass is 307 g/mol. The molecule has 0 spiro atoms. The van der Waals surface area contributed by atoms with Crippen LogP contribution in [0.1, 0.15) is 5.56 Å². The lowest BCUT2D eigenvalue weighted by atomic mass is 10.1. The van der Waals surface area contributed by atoms with E-state index in [1.165, 1.54) is 0 Å². The van der Waals surface area contributed by atoms with Crippen molar-refractivity contribution in [1.82, 2.24) is 0 Å². The molecule has 1 N–H and O–H groups in total. The topological polar surface area (TPSA) is 38.3 Å². The fraction of sp³-hybridized carbons (Fsp3) is 0.133. The summed E-state index contributed by atoms with van der Waals surface area (Å²) in [6.07, 6.45) is 0.303. The first-order valence-corrected chi connectivity index (χ1v) is 6.82. The Morgan fingerprint density at radius 1 is 1.25 bits per heavy atom. The van der Waals surface area contributed by atoms with Crippen LogP contribution in [0.2, 0.25) is 5.02 Å². The summed E-state index contributed by atoms with van der Waals surface area (Å²) in [5, 5.41) is 3.26. The van der Waals surface area contributed by atoms with Crippen molar-refractivity contribution >= 4 is 35.8 Å². The molecule has 2 aromatic rings. The van der Waals surface area contributed by atoms with E-state index in [0.29, 0.717) is 22.9 Å². The van der Waals surface area contributed by atoms with Gasteiger partial charge < -0.3 is 10.1 Å². The Morgan fingerprint density at radius 2 is 1.95 bits per heavy atom. The van der Waals surface area contributed by atoms with Crippen LogP contribution in [0.25, 0.3) is 0 Å². The molecule has 20 heavy (non-hydrogen) atoms. The Kier molecular flexibility index (Phi) is 4.93. The summed E-state index contributed by atoms with van der Waals surface area (Å²) in [5.74, 6) is 0.479. The fourth-order valence-corrected chi connectivity index (χ4v) is 2.16. The Labute approximate surface area is 128 Å². The lowest BCUT2D eigenvalue weighted by Crippen LogP contribution is -2.14. The van der Waals surface area contributed by atoms with Gasteiger partial charge >= 0.3 is 0 Å². The van der Waals surface area contributed by atoms with Gasteiger partial charge in [0, 0.05) is 10.6 Å². The Bertz CT molecular complexity index is 614. The molecule has 0 bridgehead atoms. The molecule has 0 aliphatic rings. The zero-order valence-corrected chi connectivity index (χ0v) is 12.5. The highest BCUT2D eigenvalue weighted by molar-refractivity contribution is 7.80. The molecule has 0 aromatic heterocycles. The molecule has 0 aliphatic heterocycles. The van der Waals surface area contributed by atoms with E-state index in [2.05, 4.69) is 17.9 Å². The fourth-order valence-electron chi connectivity index (χ4n) is 1.75. The molecule has 0 heterocycles. The highest BCUT2D eigenvalue weighted by Gasteiger charge is 2.06. The molecule has 1 amide bonds. The number of methoxy groups -OCH3 is 1. The maximum absolute atomic E-state index is 11.9. The third-order valence-electron chi connectivity index (χ3n) is 2.74. The van der Waals surface area contributed by atoms with Crippen molar-refractivity contribution < 1.29 is 9.53 Å². The molecule has 0 saturated heterocycles. The molecule has 0 fully saturated rings. The number of hydrogen-bond donors (Lipinski definition) is 2. The van der Waals surface area contributed by atoms with Crippen LogP contribution < -0.4 is 10.1 Å². The van der Waals surface area contributed by atoms with Gasteiger partial charge in [-0.3, -0.25) is 4.79 Å². The first-order valence-electron chi connectivity index (χ1n) is 6.00. The number of hydrogen-bond acceptors (Lipinski definition) is 3. The first kappa shape index (κ1) is 14.8. The molecule has 0 unspecified atom stereocenters. The predicted molar refractivity (Wildman–Crippen MR) is 84.0 cm³/mol. The van der Waals surface area contributed by atoms with Gasteiger partial charge in [0.2, 0.25) is 5.91 Å². The molecular weight excluding hydrogens is 294 g/mol. The van der Waals surface area contributed by atoms with Crippen molar-refractivity contribution in [2.75, 3.05) is 12.4 Å². The lowest BCUT2D eigenvalue weighted by Gasteiger charge is -2.08. The molecule has 0 aliphatic carbocycles. The molecule has 2 rings (SSSR count). The van der Waals surface area contributed by atoms with Crippen LogP contribution in [0.3, 0.4) is 0 Å². The van der Waals surface area contributed by atoms with Crippen LogP contribution in [-0.4, -0.2) is 13.0 Å². The van der Waals surface area contributed by atoms with Crippen LogP contribution in [0.4, 0.5) is 5.69 Å². The van der Waals surface area contributed by atoms with E-state index < -0.39 is 0 Å². The van der Waals surface area contributed by atoms with Crippen LogP contribution in [-0.2, 0) is 11.2 Å². The summed E-state index contributed by atoms with van der Waals surface area (Å²) < 4.78 is 5.06. The number of anilines is 1. The number of benzene rings is 2. The summed E-state index contributed by atoms with van der Waals surface area (Å²) in [7, 11) is 1.55. The van der Waals surface area contributed by atoms with Crippen molar-refractivity contribution in [2.45, 2.75) is 11.3 Å². The second-order valence-corrected chi connectivity index (χ2v) is 5.16. The molecule has 0 saturated carbocycles. The van der Waals surface area contributed by atoms with E-state index in [-0.39, 0.29) is 5.91 Å². The van der Waals surface area contributed by atoms with Gasteiger partial charge in [0.1, 0.15) is 5.75 Å². The maximum Gasteiger partial charge on any atom is 0.228 e. The van der Waals surface area contributed by atoms with Gasteiger partial charge in [-0.25, -0.2) is 0 Å². The van der Waals surface area contributed by atoms with Crippen molar-refractivity contribution in [3.63, 3.8) is 0 Å². The van der Waals surface area contributed by atoms with E-state index in [1.807, 2.05) is 24.3 Å². The minimum atomic E-state index is -0.0989. The number of amides is 1. The van der Waals surface area contributed by atoms with Crippen molar-refractivity contribution in [3.05, 3.63) is 53.1 Å². The largest absolute Gasteiger partial charge is 0.495 e. The standard InChI is InChI=1S/C15H14ClNO2S/c1-19-14-7-4-11(9-13(14)16)17-15(18)8-10-2-5-12(20)6-3-10/h2-7,9,20H,8H2,1H3,(H,17,18). The van der Waals surface area contributed by atoms with Crippen LogP contribution >= 0.6 is 24.2 Å². The summed E-state index contributed by atoms with van der Waals surface area (Å²) in [6.45, 7) is 0. The summed E-state index contributed by atoms with van der Waals surface area (Å²) in [6, 6.07) is 12.6. The van der Waals surface area contributed by atoms with Gasteiger partial charge in [-0.05, 0) is 35.9 Å². The molecule has 3 nitrogen and oxygen atoms in total. The predicted octanol–water partition coefficient (Wildman–Crippen LogP) is 3.82. The minimum absolute atomic E-state index is 0.0989. The van der Waals surface area contributed by atoms with E-state index in [0.717, 1.165) is 10.5 Å². The van der Waals surface area contributed by atoms with Gasteiger partial charge in [-0.15, -0.1) is 12.6 Å². The Hall–Kier alpha value is -1.65. The van der Waals surface area contributed by atoms with Crippen molar-refractivity contribution in [3.8, 4) is 5.75 Å². The number of thiol groups is 1. The second-order valence-electron chi connectivity index (χ2n) is 4.24. The smallest absolute Gasteiger partial charge is 0.228 e. The summed E-state index contributed by atoms with van der Waals surface area (Å²) in [5.41, 5.74) is 1.58. The minimum Gasteiger partial charge on any atom is -0.495 e. The van der Waals surface area contributed by atoms with E-state index in [4.69, 9.17) is 16.3 Å². The van der Waals surface area contributed by atoms with E-state index in [9.17, 15) is 4.79 Å². The van der Waals surface area contributed by atoms with Crippen LogP contribution in [0.5, 0.6) is 5.75 Å². The van der Waals surface area contributed by atoms with Gasteiger partial charge in [0.05, 0.1) is 18.6 Å². The van der Waals surface area contributed by atoms with Crippen LogP contribution in [0, 0.1) is 0 Å². The van der Waals surface area contributed by atoms with Gasteiger partial charge in [0.15, 0.2) is 0 Å². The van der Waals surface area contributed by atoms with E-state index in [1.54, 1.807) is 25.3 Å². The molecule has 2 aromatic carbocycles. The lowest BCUT2D eigenvalue weighted by molar-refractivity contribution is -0.115. The molecule has 104 valence electrons. The Morgan fingerprint density at radius 3 is 2.55 bits per heavy atom. The van der Waals surface area contributed by atoms with Gasteiger partial charge in [-0.1, -0.05) is 23.7 Å². The number of carbonyl (C=O) groups is 1. The van der Waals surface area contributed by atoms with Gasteiger partial charge in [-0.2, -0.15) is 0 Å². The maximum atomic E-state index is 11.9. The highest BCUT2D eigenvalue weighted by Crippen LogP contribution is 2.27. The molecular formula is C15H14ClNO2S. The number of halogens is 1. The molecule has 0 radical (unpaired) electrons. The normalized spacial score (nSPS) is 10.2. The number of nitrogens with one attached hydrogen (secondary N) is 1. The first-order chi connectivity index (χ1) is 9.58. The molecule has 0 atom stereocenters. The summed E-state index contributed by atoms with van der Waals surface area (Å²) >= 11 is 10.2.